The third kappa shape index (κ3) is 3.37. The summed E-state index contributed by atoms with van der Waals surface area (Å²) >= 11 is 1.68. The number of thiophene rings is 1. The van der Waals surface area contributed by atoms with Crippen LogP contribution in [0.15, 0.2) is 30.3 Å². The average molecular weight is 322 g/mol. The summed E-state index contributed by atoms with van der Waals surface area (Å²) in [5.41, 5.74) is 0.560. The highest BCUT2D eigenvalue weighted by Gasteiger charge is 2.27. The van der Waals surface area contributed by atoms with Gasteiger partial charge in [0.2, 0.25) is 0 Å². The molecule has 3 rings (SSSR count). The molecule has 1 N–H and O–H groups in total. The van der Waals surface area contributed by atoms with Crippen molar-refractivity contribution in [3.8, 4) is 0 Å². The molecule has 1 aromatic carbocycles. The van der Waals surface area contributed by atoms with Gasteiger partial charge in [0.15, 0.2) is 0 Å². The number of nitrogens with zero attached hydrogens (tertiary/aromatic N) is 1. The normalized spacial score (nSPS) is 18.1. The van der Waals surface area contributed by atoms with Crippen LogP contribution >= 0.6 is 11.3 Å². The van der Waals surface area contributed by atoms with E-state index in [2.05, 4.69) is 29.3 Å². The summed E-state index contributed by atoms with van der Waals surface area (Å²) in [6.07, 6.45) is 1.03. The van der Waals surface area contributed by atoms with Crippen molar-refractivity contribution in [2.45, 2.75) is 19.4 Å². The van der Waals surface area contributed by atoms with E-state index < -0.39 is 11.6 Å². The van der Waals surface area contributed by atoms with Crippen LogP contribution in [0, 0.1) is 18.6 Å². The molecule has 118 valence electrons. The van der Waals surface area contributed by atoms with Gasteiger partial charge in [-0.1, -0.05) is 6.07 Å². The molecule has 2 aromatic rings. The first-order valence-corrected chi connectivity index (χ1v) is 8.43. The fourth-order valence-electron chi connectivity index (χ4n) is 2.98. The highest BCUT2D eigenvalue weighted by atomic mass is 32.1. The molecule has 0 radical (unpaired) electrons. The van der Waals surface area contributed by atoms with Gasteiger partial charge in [0.1, 0.15) is 11.6 Å². The van der Waals surface area contributed by atoms with Crippen LogP contribution in [0.5, 0.6) is 0 Å². The number of halogens is 2. The fraction of sp³-hybridized carbons (Fsp3) is 0.412. The van der Waals surface area contributed by atoms with E-state index in [0.717, 1.165) is 43.5 Å². The standard InChI is InChI=1S/C17H20F2N2S/c1-12-3-6-16(22-12)17(21-9-2-7-20-8-10-21)14-5-4-13(18)11-15(14)19/h3-6,11,17,20H,2,7-10H2,1H3. The van der Waals surface area contributed by atoms with Crippen LogP contribution in [-0.2, 0) is 0 Å². The number of nitrogens with one attached hydrogen (secondary N) is 1. The monoisotopic (exact) mass is 322 g/mol. The number of rotatable bonds is 3. The minimum atomic E-state index is -0.528. The molecular weight excluding hydrogens is 302 g/mol. The van der Waals surface area contributed by atoms with E-state index in [9.17, 15) is 8.78 Å². The van der Waals surface area contributed by atoms with E-state index in [-0.39, 0.29) is 6.04 Å². The largest absolute Gasteiger partial charge is 0.315 e. The van der Waals surface area contributed by atoms with Crippen molar-refractivity contribution < 1.29 is 8.78 Å². The van der Waals surface area contributed by atoms with Crippen molar-refractivity contribution in [1.29, 1.82) is 0 Å². The molecule has 1 aromatic heterocycles. The number of hydrogen-bond acceptors (Lipinski definition) is 3. The van der Waals surface area contributed by atoms with E-state index in [1.807, 2.05) is 0 Å². The maximum Gasteiger partial charge on any atom is 0.131 e. The van der Waals surface area contributed by atoms with Crippen molar-refractivity contribution in [2.24, 2.45) is 0 Å². The molecular formula is C17H20F2N2S. The van der Waals surface area contributed by atoms with Gasteiger partial charge in [-0.25, -0.2) is 8.78 Å². The topological polar surface area (TPSA) is 15.3 Å². The molecule has 0 saturated carbocycles. The fourth-order valence-corrected chi connectivity index (χ4v) is 4.01. The molecule has 1 atom stereocenters. The van der Waals surface area contributed by atoms with Crippen LogP contribution < -0.4 is 5.32 Å². The first-order valence-electron chi connectivity index (χ1n) is 7.61. The van der Waals surface area contributed by atoms with E-state index in [0.29, 0.717) is 5.56 Å². The Hall–Kier alpha value is -1.30. The quantitative estimate of drug-likeness (QED) is 0.926. The Balaban J connectivity index is 2.01. The number of aryl methyl sites for hydroxylation is 1. The van der Waals surface area contributed by atoms with Crippen LogP contribution in [0.4, 0.5) is 8.78 Å². The van der Waals surface area contributed by atoms with Crippen LogP contribution in [0.1, 0.15) is 27.8 Å². The van der Waals surface area contributed by atoms with E-state index in [1.165, 1.54) is 10.9 Å². The summed E-state index contributed by atoms with van der Waals surface area (Å²) in [4.78, 5) is 4.61. The molecule has 0 amide bonds. The summed E-state index contributed by atoms with van der Waals surface area (Å²) in [6.45, 7) is 5.70. The van der Waals surface area contributed by atoms with Crippen molar-refractivity contribution in [3.63, 3.8) is 0 Å². The molecule has 2 nitrogen and oxygen atoms in total. The van der Waals surface area contributed by atoms with Crippen molar-refractivity contribution in [1.82, 2.24) is 10.2 Å². The highest BCUT2D eigenvalue weighted by molar-refractivity contribution is 7.12. The van der Waals surface area contributed by atoms with Crippen molar-refractivity contribution >= 4 is 11.3 Å². The Morgan fingerprint density at radius 1 is 1.14 bits per heavy atom. The first-order chi connectivity index (χ1) is 10.6. The van der Waals surface area contributed by atoms with Gasteiger partial charge in [0.05, 0.1) is 6.04 Å². The molecule has 22 heavy (non-hydrogen) atoms. The van der Waals surface area contributed by atoms with Crippen molar-refractivity contribution in [3.05, 3.63) is 57.3 Å². The SMILES string of the molecule is Cc1ccc(C(c2ccc(F)cc2F)N2CCCNCC2)s1. The van der Waals surface area contributed by atoms with Crippen LogP contribution in [0.25, 0.3) is 0 Å². The molecule has 1 aliphatic rings. The minimum absolute atomic E-state index is 0.140. The molecule has 1 fully saturated rings. The summed E-state index contributed by atoms with van der Waals surface area (Å²) in [7, 11) is 0. The van der Waals surface area contributed by atoms with Gasteiger partial charge < -0.3 is 5.32 Å². The third-order valence-corrected chi connectivity index (χ3v) is 5.08. The molecule has 2 heterocycles. The van der Waals surface area contributed by atoms with Crippen LogP contribution in [-0.4, -0.2) is 31.1 Å². The number of benzene rings is 1. The van der Waals surface area contributed by atoms with Gasteiger partial charge in [-0.05, 0) is 38.1 Å². The van der Waals surface area contributed by atoms with Gasteiger partial charge in [0, 0.05) is 41.0 Å². The van der Waals surface area contributed by atoms with E-state index in [1.54, 1.807) is 17.4 Å². The predicted molar refractivity (Wildman–Crippen MR) is 86.3 cm³/mol. The maximum absolute atomic E-state index is 14.4. The second kappa shape index (κ2) is 6.86. The predicted octanol–water partition coefficient (Wildman–Crippen LogP) is 3.72. The van der Waals surface area contributed by atoms with Crippen LogP contribution in [0.2, 0.25) is 0 Å². The Kier molecular flexibility index (Phi) is 4.86. The molecule has 5 heteroatoms. The summed E-state index contributed by atoms with van der Waals surface area (Å²) in [5, 5.41) is 3.37. The van der Waals surface area contributed by atoms with Gasteiger partial charge in [-0.2, -0.15) is 0 Å². The number of hydrogen-bond donors (Lipinski definition) is 1. The van der Waals surface area contributed by atoms with Crippen molar-refractivity contribution in [2.75, 3.05) is 26.2 Å². The van der Waals surface area contributed by atoms with Gasteiger partial charge in [0.25, 0.3) is 0 Å². The Labute approximate surface area is 133 Å². The molecule has 0 aliphatic carbocycles. The summed E-state index contributed by atoms with van der Waals surface area (Å²) < 4.78 is 27.6. The van der Waals surface area contributed by atoms with E-state index >= 15 is 0 Å². The summed E-state index contributed by atoms with van der Waals surface area (Å²) in [5.74, 6) is -0.992. The van der Waals surface area contributed by atoms with Gasteiger partial charge in [-0.3, -0.25) is 4.90 Å². The lowest BCUT2D eigenvalue weighted by Gasteiger charge is -2.30. The van der Waals surface area contributed by atoms with Gasteiger partial charge >= 0.3 is 0 Å². The molecule has 1 unspecified atom stereocenters. The lowest BCUT2D eigenvalue weighted by Crippen LogP contribution is -2.33. The average Bonchev–Trinajstić information content (AvgIpc) is 2.74. The Morgan fingerprint density at radius 2 is 2.00 bits per heavy atom. The highest BCUT2D eigenvalue weighted by Crippen LogP contribution is 2.35. The Bertz CT molecular complexity index is 633. The van der Waals surface area contributed by atoms with Gasteiger partial charge in [-0.15, -0.1) is 11.3 Å². The minimum Gasteiger partial charge on any atom is -0.315 e. The zero-order valence-electron chi connectivity index (χ0n) is 12.6. The Morgan fingerprint density at radius 3 is 2.73 bits per heavy atom. The zero-order valence-corrected chi connectivity index (χ0v) is 13.4. The summed E-state index contributed by atoms with van der Waals surface area (Å²) in [6, 6.07) is 7.90. The molecule has 1 saturated heterocycles. The van der Waals surface area contributed by atoms with Crippen LogP contribution in [0.3, 0.4) is 0 Å². The first kappa shape index (κ1) is 15.6. The van der Waals surface area contributed by atoms with E-state index in [4.69, 9.17) is 0 Å². The molecule has 1 aliphatic heterocycles. The smallest absolute Gasteiger partial charge is 0.131 e. The third-order valence-electron chi connectivity index (χ3n) is 4.03. The lowest BCUT2D eigenvalue weighted by atomic mass is 10.0. The molecule has 0 spiro atoms. The molecule has 0 bridgehead atoms. The maximum atomic E-state index is 14.4. The second-order valence-corrected chi connectivity index (χ2v) is 6.98. The lowest BCUT2D eigenvalue weighted by molar-refractivity contribution is 0.239. The second-order valence-electron chi connectivity index (χ2n) is 5.66. The zero-order chi connectivity index (χ0) is 15.5.